The van der Waals surface area contributed by atoms with E-state index in [-0.39, 0.29) is 0 Å². The van der Waals surface area contributed by atoms with Crippen molar-refractivity contribution in [2.45, 2.75) is 11.8 Å². The van der Waals surface area contributed by atoms with Gasteiger partial charge in [0.2, 0.25) is 0 Å². The first kappa shape index (κ1) is 9.07. The summed E-state index contributed by atoms with van der Waals surface area (Å²) in [5, 5.41) is 0. The quantitative estimate of drug-likeness (QED) is 0.418. The van der Waals surface area contributed by atoms with Crippen LogP contribution >= 0.6 is 12.6 Å². The van der Waals surface area contributed by atoms with Gasteiger partial charge in [0, 0.05) is 4.90 Å². The van der Waals surface area contributed by atoms with Crippen LogP contribution in [0, 0.1) is 0 Å². The smallest absolute Gasteiger partial charge is 0.145 e. The monoisotopic (exact) mass is 178 g/mol. The van der Waals surface area contributed by atoms with Crippen LogP contribution in [-0.4, -0.2) is 6.29 Å². The predicted octanol–water partition coefficient (Wildman–Crippen LogP) is 2.58. The first-order valence-electron chi connectivity index (χ1n) is 3.65. The van der Waals surface area contributed by atoms with Crippen molar-refractivity contribution in [2.24, 2.45) is 0 Å². The molecule has 0 bridgehead atoms. The second kappa shape index (κ2) is 4.12. The lowest BCUT2D eigenvalue weighted by atomic mass is 10.1. The van der Waals surface area contributed by atoms with E-state index in [1.807, 2.05) is 30.3 Å². The Hall–Kier alpha value is -1.02. The molecular weight excluding hydrogens is 168 g/mol. The fourth-order valence-electron chi connectivity index (χ4n) is 0.867. The molecule has 0 amide bonds. The summed E-state index contributed by atoms with van der Waals surface area (Å²) in [5.41, 5.74) is 1.75. The number of benzene rings is 1. The predicted molar refractivity (Wildman–Crippen MR) is 53.4 cm³/mol. The Kier molecular flexibility index (Phi) is 3.11. The second-order valence-corrected chi connectivity index (χ2v) is 3.11. The Morgan fingerprint density at radius 2 is 1.92 bits per heavy atom. The minimum atomic E-state index is 0.724. The van der Waals surface area contributed by atoms with E-state index >= 15 is 0 Å². The van der Waals surface area contributed by atoms with E-state index in [0.717, 1.165) is 22.3 Å². The summed E-state index contributed by atoms with van der Waals surface area (Å²) in [6, 6.07) is 7.64. The first-order valence-corrected chi connectivity index (χ1v) is 4.09. The van der Waals surface area contributed by atoms with Crippen LogP contribution < -0.4 is 0 Å². The van der Waals surface area contributed by atoms with E-state index in [1.54, 1.807) is 6.92 Å². The van der Waals surface area contributed by atoms with Crippen LogP contribution in [0.3, 0.4) is 0 Å². The van der Waals surface area contributed by atoms with Crippen LogP contribution in [0.25, 0.3) is 6.08 Å². The van der Waals surface area contributed by atoms with Gasteiger partial charge in [-0.1, -0.05) is 12.1 Å². The van der Waals surface area contributed by atoms with E-state index in [1.165, 1.54) is 0 Å². The zero-order valence-corrected chi connectivity index (χ0v) is 7.71. The molecule has 1 rings (SSSR count). The summed E-state index contributed by atoms with van der Waals surface area (Å²) in [5.74, 6) is 0. The summed E-state index contributed by atoms with van der Waals surface area (Å²) in [6.45, 7) is 1.78. The number of hydrogen-bond donors (Lipinski definition) is 1. The van der Waals surface area contributed by atoms with Crippen molar-refractivity contribution < 1.29 is 4.79 Å². The minimum absolute atomic E-state index is 0.724. The first-order chi connectivity index (χ1) is 5.72. The number of thiol groups is 1. The number of allylic oxidation sites excluding steroid dienone is 1. The molecule has 1 nitrogen and oxygen atoms in total. The molecule has 0 spiro atoms. The molecule has 62 valence electrons. The second-order valence-electron chi connectivity index (χ2n) is 2.60. The molecule has 0 aliphatic carbocycles. The SMILES string of the molecule is C/C(C=O)=C\c1ccc(S)cc1. The fraction of sp³-hybridized carbons (Fsp3) is 0.100. The number of aldehydes is 1. The highest BCUT2D eigenvalue weighted by molar-refractivity contribution is 7.80. The third-order valence-electron chi connectivity index (χ3n) is 1.47. The van der Waals surface area contributed by atoms with Crippen LogP contribution in [0.5, 0.6) is 0 Å². The lowest BCUT2D eigenvalue weighted by Crippen LogP contribution is -1.77. The molecule has 0 aromatic heterocycles. The van der Waals surface area contributed by atoms with E-state index in [4.69, 9.17) is 0 Å². The molecule has 0 unspecified atom stereocenters. The maximum absolute atomic E-state index is 10.3. The van der Waals surface area contributed by atoms with Crippen molar-refractivity contribution in [1.29, 1.82) is 0 Å². The van der Waals surface area contributed by atoms with Gasteiger partial charge < -0.3 is 0 Å². The average Bonchev–Trinajstić information content (AvgIpc) is 2.09. The Labute approximate surface area is 77.5 Å². The molecule has 0 N–H and O–H groups in total. The highest BCUT2D eigenvalue weighted by Gasteiger charge is 1.89. The number of rotatable bonds is 2. The average molecular weight is 178 g/mol. The highest BCUT2D eigenvalue weighted by atomic mass is 32.1. The van der Waals surface area contributed by atoms with Gasteiger partial charge in [-0.15, -0.1) is 12.6 Å². The molecule has 0 aliphatic rings. The summed E-state index contributed by atoms with van der Waals surface area (Å²) in [4.78, 5) is 11.2. The Morgan fingerprint density at radius 3 is 2.42 bits per heavy atom. The van der Waals surface area contributed by atoms with Gasteiger partial charge in [0.05, 0.1) is 0 Å². The van der Waals surface area contributed by atoms with Crippen molar-refractivity contribution >= 4 is 25.0 Å². The standard InChI is InChI=1S/C10H10OS/c1-8(7-11)6-9-2-4-10(12)5-3-9/h2-7,12H,1H3/b8-6+. The zero-order chi connectivity index (χ0) is 8.97. The molecule has 1 aromatic rings. The summed E-state index contributed by atoms with van der Waals surface area (Å²) < 4.78 is 0. The molecular formula is C10H10OS. The van der Waals surface area contributed by atoms with Gasteiger partial charge in [-0.3, -0.25) is 4.79 Å². The van der Waals surface area contributed by atoms with Crippen LogP contribution in [0.15, 0.2) is 34.7 Å². The minimum Gasteiger partial charge on any atom is -0.298 e. The Balaban J connectivity index is 2.91. The fourth-order valence-corrected chi connectivity index (χ4v) is 1.02. The van der Waals surface area contributed by atoms with E-state index in [9.17, 15) is 4.79 Å². The maximum Gasteiger partial charge on any atom is 0.145 e. The highest BCUT2D eigenvalue weighted by Crippen LogP contribution is 2.10. The van der Waals surface area contributed by atoms with Crippen LogP contribution in [0.2, 0.25) is 0 Å². The molecule has 0 aliphatic heterocycles. The Morgan fingerprint density at radius 1 is 1.33 bits per heavy atom. The molecule has 0 saturated heterocycles. The van der Waals surface area contributed by atoms with Crippen molar-refractivity contribution in [2.75, 3.05) is 0 Å². The lowest BCUT2D eigenvalue weighted by molar-refractivity contribution is -0.104. The number of carbonyl (C=O) groups is 1. The van der Waals surface area contributed by atoms with Crippen molar-refractivity contribution in [3.8, 4) is 0 Å². The summed E-state index contributed by atoms with van der Waals surface area (Å²) >= 11 is 4.15. The molecule has 0 radical (unpaired) electrons. The van der Waals surface area contributed by atoms with Gasteiger partial charge in [-0.05, 0) is 36.3 Å². The van der Waals surface area contributed by atoms with Gasteiger partial charge in [0.15, 0.2) is 0 Å². The van der Waals surface area contributed by atoms with Gasteiger partial charge in [-0.2, -0.15) is 0 Å². The molecule has 0 heterocycles. The van der Waals surface area contributed by atoms with Crippen molar-refractivity contribution in [1.82, 2.24) is 0 Å². The van der Waals surface area contributed by atoms with Gasteiger partial charge >= 0.3 is 0 Å². The topological polar surface area (TPSA) is 17.1 Å². The normalized spacial score (nSPS) is 11.3. The van der Waals surface area contributed by atoms with Crippen molar-refractivity contribution in [3.63, 3.8) is 0 Å². The summed E-state index contributed by atoms with van der Waals surface area (Å²) in [7, 11) is 0. The maximum atomic E-state index is 10.3. The van der Waals surface area contributed by atoms with Crippen LogP contribution in [-0.2, 0) is 4.79 Å². The third kappa shape index (κ3) is 2.55. The van der Waals surface area contributed by atoms with Gasteiger partial charge in [0.25, 0.3) is 0 Å². The van der Waals surface area contributed by atoms with Gasteiger partial charge in [-0.25, -0.2) is 0 Å². The molecule has 2 heteroatoms. The number of hydrogen-bond acceptors (Lipinski definition) is 2. The third-order valence-corrected chi connectivity index (χ3v) is 1.77. The van der Waals surface area contributed by atoms with E-state index < -0.39 is 0 Å². The number of carbonyl (C=O) groups excluding carboxylic acids is 1. The largest absolute Gasteiger partial charge is 0.298 e. The van der Waals surface area contributed by atoms with Crippen LogP contribution in [0.1, 0.15) is 12.5 Å². The van der Waals surface area contributed by atoms with Gasteiger partial charge in [0.1, 0.15) is 6.29 Å². The molecule has 0 saturated carbocycles. The molecule has 1 aromatic carbocycles. The lowest BCUT2D eigenvalue weighted by Gasteiger charge is -1.94. The van der Waals surface area contributed by atoms with Crippen LogP contribution in [0.4, 0.5) is 0 Å². The molecule has 0 fully saturated rings. The Bertz CT molecular complexity index is 298. The zero-order valence-electron chi connectivity index (χ0n) is 6.82. The van der Waals surface area contributed by atoms with Crippen molar-refractivity contribution in [3.05, 3.63) is 35.4 Å². The summed E-state index contributed by atoms with van der Waals surface area (Å²) in [6.07, 6.45) is 2.68. The van der Waals surface area contributed by atoms with E-state index in [0.29, 0.717) is 0 Å². The molecule has 12 heavy (non-hydrogen) atoms. The molecule has 0 atom stereocenters. The van der Waals surface area contributed by atoms with E-state index in [2.05, 4.69) is 12.6 Å².